The maximum atomic E-state index is 13.8. The van der Waals surface area contributed by atoms with Gasteiger partial charge in [-0.2, -0.15) is 0 Å². The smallest absolute Gasteiger partial charge is 0.274 e. The van der Waals surface area contributed by atoms with Crippen molar-refractivity contribution in [2.45, 2.75) is 12.3 Å². The standard InChI is InChI=1S/C29H31ClN4O6/c1-38-7-2-8-40-19-3-4-21-17(11-19)12-22(31-21)29(37)34-16-18(15-30)26-20-13-23(28(36)33-5-9-39-10-6-33)32-27(20)25(35)14-24(26)34/h3-4,11-14,18,31-32,35H,2,5-10,15-16H2,1H3/t18-/m1/s1. The summed E-state index contributed by atoms with van der Waals surface area (Å²) in [7, 11) is 1.66. The van der Waals surface area contributed by atoms with Crippen LogP contribution in [0.4, 0.5) is 5.69 Å². The molecule has 0 bridgehead atoms. The molecule has 2 aliphatic heterocycles. The maximum absolute atomic E-state index is 13.8. The summed E-state index contributed by atoms with van der Waals surface area (Å²) in [5.41, 5.74) is 3.51. The quantitative estimate of drug-likeness (QED) is 0.217. The average molecular weight is 567 g/mol. The Kier molecular flexibility index (Phi) is 7.31. The van der Waals surface area contributed by atoms with Crippen LogP contribution in [0, 0.1) is 0 Å². The number of phenolic OH excluding ortho intramolecular Hbond substituents is 1. The van der Waals surface area contributed by atoms with Crippen LogP contribution in [0.5, 0.6) is 11.5 Å². The molecule has 2 aromatic carbocycles. The molecule has 1 fully saturated rings. The summed E-state index contributed by atoms with van der Waals surface area (Å²) in [5, 5.41) is 12.5. The highest BCUT2D eigenvalue weighted by molar-refractivity contribution is 6.19. The number of phenols is 1. The Bertz CT molecular complexity index is 1570. The van der Waals surface area contributed by atoms with Crippen LogP contribution in [0.15, 0.2) is 36.4 Å². The molecule has 40 heavy (non-hydrogen) atoms. The molecule has 2 amide bonds. The number of halogens is 1. The minimum atomic E-state index is -0.230. The molecule has 2 aliphatic rings. The van der Waals surface area contributed by atoms with Crippen molar-refractivity contribution in [2.24, 2.45) is 0 Å². The van der Waals surface area contributed by atoms with Crippen molar-refractivity contribution in [3.05, 3.63) is 53.3 Å². The van der Waals surface area contributed by atoms with Crippen LogP contribution in [-0.4, -0.2) is 90.8 Å². The molecular formula is C29H31ClN4O6. The van der Waals surface area contributed by atoms with Gasteiger partial charge in [0.2, 0.25) is 0 Å². The number of nitrogens with one attached hydrogen (secondary N) is 2. The molecule has 1 saturated heterocycles. The molecule has 11 heteroatoms. The minimum absolute atomic E-state index is 0.0327. The Hall–Kier alpha value is -3.73. The van der Waals surface area contributed by atoms with Gasteiger partial charge in [0, 0.05) is 73.9 Å². The Morgan fingerprint density at radius 2 is 1.88 bits per heavy atom. The van der Waals surface area contributed by atoms with E-state index >= 15 is 0 Å². The predicted molar refractivity (Wildman–Crippen MR) is 152 cm³/mol. The number of anilines is 1. The fraction of sp³-hybridized carbons (Fsp3) is 0.379. The predicted octanol–water partition coefficient (Wildman–Crippen LogP) is 4.23. The van der Waals surface area contributed by atoms with Crippen molar-refractivity contribution in [3.8, 4) is 11.5 Å². The van der Waals surface area contributed by atoms with E-state index < -0.39 is 0 Å². The maximum Gasteiger partial charge on any atom is 0.274 e. The number of aromatic amines is 2. The first-order valence-corrected chi connectivity index (χ1v) is 13.9. The Balaban J connectivity index is 1.30. The van der Waals surface area contributed by atoms with E-state index in [0.29, 0.717) is 74.0 Å². The van der Waals surface area contributed by atoms with Crippen LogP contribution in [-0.2, 0) is 9.47 Å². The Morgan fingerprint density at radius 3 is 2.65 bits per heavy atom. The molecule has 1 atom stereocenters. The van der Waals surface area contributed by atoms with Gasteiger partial charge >= 0.3 is 0 Å². The van der Waals surface area contributed by atoms with Gasteiger partial charge in [-0.15, -0.1) is 11.6 Å². The first kappa shape index (κ1) is 26.5. The van der Waals surface area contributed by atoms with E-state index in [9.17, 15) is 14.7 Å². The van der Waals surface area contributed by atoms with Gasteiger partial charge in [0.05, 0.1) is 31.0 Å². The first-order valence-electron chi connectivity index (χ1n) is 13.4. The van der Waals surface area contributed by atoms with E-state index in [1.54, 1.807) is 35.1 Å². The lowest BCUT2D eigenvalue weighted by atomic mass is 9.98. The SMILES string of the molecule is COCCCOc1ccc2[nH]c(C(=O)N3C[C@@H](CCl)c4c3cc(O)c3[nH]c(C(=O)N5CCOCC5)cc43)cc2c1. The molecule has 2 aromatic heterocycles. The monoisotopic (exact) mass is 566 g/mol. The number of benzene rings is 2. The summed E-state index contributed by atoms with van der Waals surface area (Å²) >= 11 is 6.40. The number of aromatic nitrogens is 2. The van der Waals surface area contributed by atoms with Crippen LogP contribution >= 0.6 is 11.6 Å². The van der Waals surface area contributed by atoms with Crippen LogP contribution in [0.25, 0.3) is 21.8 Å². The van der Waals surface area contributed by atoms with Crippen molar-refractivity contribution in [2.75, 3.05) is 64.0 Å². The second kappa shape index (κ2) is 11.0. The van der Waals surface area contributed by atoms with Gasteiger partial charge in [0.1, 0.15) is 22.9 Å². The molecule has 0 aliphatic carbocycles. The number of morpholine rings is 1. The second-order valence-corrected chi connectivity index (χ2v) is 10.4. The molecule has 210 valence electrons. The number of H-pyrrole nitrogens is 2. The molecule has 0 unspecified atom stereocenters. The molecule has 6 rings (SSSR count). The molecule has 0 spiro atoms. The lowest BCUT2D eigenvalue weighted by Gasteiger charge is -2.26. The van der Waals surface area contributed by atoms with Gasteiger partial charge < -0.3 is 39.1 Å². The van der Waals surface area contributed by atoms with Crippen LogP contribution < -0.4 is 9.64 Å². The van der Waals surface area contributed by atoms with E-state index in [0.717, 1.165) is 28.6 Å². The highest BCUT2D eigenvalue weighted by atomic mass is 35.5. The summed E-state index contributed by atoms with van der Waals surface area (Å²) in [6.07, 6.45) is 0.783. The highest BCUT2D eigenvalue weighted by Crippen LogP contribution is 2.46. The van der Waals surface area contributed by atoms with Gasteiger partial charge in [-0.3, -0.25) is 9.59 Å². The van der Waals surface area contributed by atoms with Gasteiger partial charge in [-0.1, -0.05) is 0 Å². The molecule has 4 aromatic rings. The second-order valence-electron chi connectivity index (χ2n) is 10.1. The van der Waals surface area contributed by atoms with Crippen molar-refractivity contribution in [1.29, 1.82) is 0 Å². The molecule has 0 saturated carbocycles. The first-order chi connectivity index (χ1) is 19.5. The topological polar surface area (TPSA) is 120 Å². The Labute approximate surface area is 235 Å². The number of aromatic hydroxyl groups is 1. The summed E-state index contributed by atoms with van der Waals surface area (Å²) in [6.45, 7) is 3.53. The fourth-order valence-electron chi connectivity index (χ4n) is 5.57. The molecule has 0 radical (unpaired) electrons. The fourth-order valence-corrected chi connectivity index (χ4v) is 5.83. The number of fused-ring (bicyclic) bond motifs is 4. The number of carbonyl (C=O) groups is 2. The van der Waals surface area contributed by atoms with Crippen LogP contribution in [0.2, 0.25) is 0 Å². The summed E-state index contributed by atoms with van der Waals surface area (Å²) in [4.78, 5) is 36.6. The number of hydrogen-bond donors (Lipinski definition) is 3. The average Bonchev–Trinajstić information content (AvgIpc) is 3.70. The zero-order valence-corrected chi connectivity index (χ0v) is 22.9. The molecule has 4 heterocycles. The van der Waals surface area contributed by atoms with Crippen LogP contribution in [0.1, 0.15) is 38.9 Å². The third-order valence-electron chi connectivity index (χ3n) is 7.56. The molecule has 10 nitrogen and oxygen atoms in total. The Morgan fingerprint density at radius 1 is 1.07 bits per heavy atom. The lowest BCUT2D eigenvalue weighted by Crippen LogP contribution is -2.40. The van der Waals surface area contributed by atoms with E-state index in [4.69, 9.17) is 25.8 Å². The molecule has 3 N–H and O–H groups in total. The number of ether oxygens (including phenoxy) is 3. The molecular weight excluding hydrogens is 536 g/mol. The number of nitrogens with zero attached hydrogens (tertiary/aromatic N) is 2. The van der Waals surface area contributed by atoms with Gasteiger partial charge in [-0.05, 0) is 35.9 Å². The zero-order chi connectivity index (χ0) is 27.8. The summed E-state index contributed by atoms with van der Waals surface area (Å²) < 4.78 is 16.2. The third kappa shape index (κ3) is 4.76. The minimum Gasteiger partial charge on any atom is -0.506 e. The van der Waals surface area contributed by atoms with Gasteiger partial charge in [0.25, 0.3) is 11.8 Å². The van der Waals surface area contributed by atoms with Crippen molar-refractivity contribution >= 4 is 50.9 Å². The third-order valence-corrected chi connectivity index (χ3v) is 7.93. The largest absolute Gasteiger partial charge is 0.506 e. The van der Waals surface area contributed by atoms with Crippen molar-refractivity contribution < 1.29 is 28.9 Å². The number of methoxy groups -OCH3 is 1. The van der Waals surface area contributed by atoms with Gasteiger partial charge in [0.15, 0.2) is 0 Å². The number of hydrogen-bond acceptors (Lipinski definition) is 6. The van der Waals surface area contributed by atoms with Gasteiger partial charge in [-0.25, -0.2) is 0 Å². The number of rotatable bonds is 8. The van der Waals surface area contributed by atoms with E-state index in [-0.39, 0.29) is 29.4 Å². The number of amides is 2. The summed E-state index contributed by atoms with van der Waals surface area (Å²) in [5.74, 6) is 0.424. The lowest BCUT2D eigenvalue weighted by molar-refractivity contribution is 0.0299. The van der Waals surface area contributed by atoms with E-state index in [2.05, 4.69) is 9.97 Å². The van der Waals surface area contributed by atoms with E-state index in [1.165, 1.54) is 0 Å². The normalized spacial score (nSPS) is 17.1. The highest BCUT2D eigenvalue weighted by Gasteiger charge is 2.36. The van der Waals surface area contributed by atoms with Crippen molar-refractivity contribution in [1.82, 2.24) is 14.9 Å². The zero-order valence-electron chi connectivity index (χ0n) is 22.2. The summed E-state index contributed by atoms with van der Waals surface area (Å²) in [6, 6.07) is 10.8. The van der Waals surface area contributed by atoms with Crippen LogP contribution in [0.3, 0.4) is 0 Å². The number of carbonyl (C=O) groups excluding carboxylic acids is 2. The van der Waals surface area contributed by atoms with Crippen molar-refractivity contribution in [3.63, 3.8) is 0 Å². The number of alkyl halides is 1. The van der Waals surface area contributed by atoms with E-state index in [1.807, 2.05) is 18.2 Å².